The maximum atomic E-state index is 12.4. The quantitative estimate of drug-likeness (QED) is 0.0957. The minimum absolute atomic E-state index is 0.165. The van der Waals surface area contributed by atoms with Crippen molar-refractivity contribution in [3.8, 4) is 0 Å². The number of hydrogen-bond donors (Lipinski definition) is 1. The minimum Gasteiger partial charge on any atom is -0.327 e. The van der Waals surface area contributed by atoms with Crippen LogP contribution >= 0.6 is 23.2 Å². The Labute approximate surface area is 250 Å². The first-order valence-corrected chi connectivity index (χ1v) is 15.3. The van der Waals surface area contributed by atoms with Crippen LogP contribution in [0.25, 0.3) is 5.57 Å². The number of para-hydroxylation sites is 2. The third kappa shape index (κ3) is 6.37. The molecule has 0 aliphatic heterocycles. The third-order valence-electron chi connectivity index (χ3n) is 6.74. The van der Waals surface area contributed by atoms with Crippen molar-refractivity contribution in [3.63, 3.8) is 0 Å². The van der Waals surface area contributed by atoms with E-state index in [1.165, 1.54) is 6.07 Å². The van der Waals surface area contributed by atoms with Gasteiger partial charge in [0.2, 0.25) is 17.4 Å². The summed E-state index contributed by atoms with van der Waals surface area (Å²) >= 11 is 12.6. The fourth-order valence-electron chi connectivity index (χ4n) is 4.78. The summed E-state index contributed by atoms with van der Waals surface area (Å²) in [5.41, 5.74) is 6.27. The van der Waals surface area contributed by atoms with Crippen LogP contribution < -0.4 is 4.90 Å². The third-order valence-corrected chi connectivity index (χ3v) is 8.13. The second-order valence-corrected chi connectivity index (χ2v) is 11.1. The molecule has 0 amide bonds. The predicted molar refractivity (Wildman–Crippen MR) is 168 cm³/mol. The van der Waals surface area contributed by atoms with Gasteiger partial charge in [-0.25, -0.2) is 0 Å². The van der Waals surface area contributed by atoms with E-state index in [2.05, 4.69) is 0 Å². The Bertz CT molecular complexity index is 1750. The first-order chi connectivity index (χ1) is 19.9. The first-order valence-electron chi connectivity index (χ1n) is 12.8. The molecule has 4 aromatic rings. The molecule has 0 unspecified atom stereocenters. The summed E-state index contributed by atoms with van der Waals surface area (Å²) in [5, 5.41) is 0. The molecule has 1 aliphatic rings. The zero-order chi connectivity index (χ0) is 28.8. The molecule has 0 aromatic heterocycles. The van der Waals surface area contributed by atoms with Gasteiger partial charge >= 0.3 is 0 Å². The molecule has 0 fully saturated rings. The number of alkyl halides is 2. The Balaban J connectivity index is 1.64. The summed E-state index contributed by atoms with van der Waals surface area (Å²) < 4.78 is 36.8. The van der Waals surface area contributed by atoms with Gasteiger partial charge in [-0.3, -0.25) is 4.55 Å². The summed E-state index contributed by atoms with van der Waals surface area (Å²) in [6.45, 7) is 0. The van der Waals surface area contributed by atoms with E-state index in [1.807, 2.05) is 119 Å². The lowest BCUT2D eigenvalue weighted by molar-refractivity contribution is -0.417. The molecule has 41 heavy (non-hydrogen) atoms. The standard InChI is InChI=1S/C33H26Cl2N2O3S/c34-23-36(27-9-3-1-4-10-27)29-19-15-25(16-20-29)33(31-13-7-8-14-32(31)41(38,39)40)26-17-21-30(22-18-26)37(24-35)28-11-5-2-6-12-28/h1-22H,23-24H2/p+1. The average molecular weight is 603 g/mol. The van der Waals surface area contributed by atoms with E-state index >= 15 is 0 Å². The molecule has 5 nitrogen and oxygen atoms in total. The first kappa shape index (κ1) is 28.6. The van der Waals surface area contributed by atoms with E-state index in [0.717, 1.165) is 33.9 Å². The van der Waals surface area contributed by atoms with Gasteiger partial charge in [-0.05, 0) is 59.2 Å². The number of nitrogens with zero attached hydrogens (tertiary/aromatic N) is 2. The van der Waals surface area contributed by atoms with Crippen LogP contribution in [0.3, 0.4) is 0 Å². The van der Waals surface area contributed by atoms with E-state index in [-0.39, 0.29) is 16.9 Å². The lowest BCUT2D eigenvalue weighted by Gasteiger charge is -2.23. The molecule has 1 N–H and O–H groups in total. The second kappa shape index (κ2) is 12.7. The Hall–Kier alpha value is -3.94. The van der Waals surface area contributed by atoms with Gasteiger partial charge in [-0.2, -0.15) is 13.0 Å². The molecule has 0 radical (unpaired) electrons. The summed E-state index contributed by atoms with van der Waals surface area (Å²) in [6.07, 6.45) is 7.74. The number of anilines is 2. The van der Waals surface area contributed by atoms with Crippen molar-refractivity contribution < 1.29 is 17.5 Å². The summed E-state index contributed by atoms with van der Waals surface area (Å²) in [4.78, 5) is 1.80. The molecule has 0 spiro atoms. The van der Waals surface area contributed by atoms with Gasteiger partial charge in [0.25, 0.3) is 10.1 Å². The van der Waals surface area contributed by atoms with Crippen LogP contribution in [-0.4, -0.2) is 35.3 Å². The summed E-state index contributed by atoms with van der Waals surface area (Å²) in [6, 6.07) is 34.3. The van der Waals surface area contributed by atoms with Crippen LogP contribution in [0.1, 0.15) is 11.1 Å². The van der Waals surface area contributed by atoms with Crippen LogP contribution in [0.5, 0.6) is 0 Å². The van der Waals surface area contributed by atoms with E-state index in [1.54, 1.807) is 18.2 Å². The van der Waals surface area contributed by atoms with E-state index < -0.39 is 10.1 Å². The lowest BCUT2D eigenvalue weighted by Crippen LogP contribution is -2.14. The van der Waals surface area contributed by atoms with E-state index in [9.17, 15) is 13.0 Å². The van der Waals surface area contributed by atoms with Crippen LogP contribution in [0.15, 0.2) is 144 Å². The van der Waals surface area contributed by atoms with Crippen molar-refractivity contribution in [1.82, 2.24) is 0 Å². The summed E-state index contributed by atoms with van der Waals surface area (Å²) in [7, 11) is -4.49. The highest BCUT2D eigenvalue weighted by molar-refractivity contribution is 7.86. The van der Waals surface area contributed by atoms with Crippen molar-refractivity contribution in [2.75, 3.05) is 16.9 Å². The summed E-state index contributed by atoms with van der Waals surface area (Å²) in [5.74, 6) is 0. The SMILES string of the molecule is O=S(=O)(O)c1ccccc1C(=C1C=CC(=[N+](CCl)c2ccccc2)C=C1)c1ccc(N(CCl)c2ccccc2)cc1. The largest absolute Gasteiger partial charge is 0.327 e. The number of allylic oxidation sites excluding steroid dienone is 5. The molecule has 0 saturated carbocycles. The fraction of sp³-hybridized carbons (Fsp3) is 0.0606. The molecule has 0 atom stereocenters. The highest BCUT2D eigenvalue weighted by Gasteiger charge is 2.22. The molecular weight excluding hydrogens is 575 g/mol. The average Bonchev–Trinajstić information content (AvgIpc) is 3.00. The van der Waals surface area contributed by atoms with Gasteiger partial charge < -0.3 is 4.90 Å². The number of rotatable bonds is 8. The Kier molecular flexibility index (Phi) is 8.86. The predicted octanol–water partition coefficient (Wildman–Crippen LogP) is 8.18. The van der Waals surface area contributed by atoms with Crippen LogP contribution in [0.2, 0.25) is 0 Å². The number of benzene rings is 4. The zero-order valence-corrected chi connectivity index (χ0v) is 24.3. The van der Waals surface area contributed by atoms with Gasteiger partial charge in [-0.1, -0.05) is 78.3 Å². The highest BCUT2D eigenvalue weighted by Crippen LogP contribution is 2.35. The van der Waals surface area contributed by atoms with Gasteiger partial charge in [0.1, 0.15) is 4.90 Å². The number of halogens is 2. The van der Waals surface area contributed by atoms with Crippen molar-refractivity contribution in [2.45, 2.75) is 4.90 Å². The van der Waals surface area contributed by atoms with Crippen LogP contribution in [0, 0.1) is 0 Å². The van der Waals surface area contributed by atoms with Crippen molar-refractivity contribution in [2.24, 2.45) is 0 Å². The minimum atomic E-state index is -4.49. The smallest absolute Gasteiger partial charge is 0.295 e. The van der Waals surface area contributed by atoms with E-state index in [0.29, 0.717) is 11.1 Å². The molecular formula is C33H27Cl2N2O3S+. The van der Waals surface area contributed by atoms with Crippen molar-refractivity contribution in [3.05, 3.63) is 150 Å². The zero-order valence-electron chi connectivity index (χ0n) is 21.9. The Morgan fingerprint density at radius 2 is 1.27 bits per heavy atom. The fourth-order valence-corrected chi connectivity index (χ4v) is 6.03. The maximum absolute atomic E-state index is 12.4. The molecule has 0 heterocycles. The van der Waals surface area contributed by atoms with Crippen LogP contribution in [0.4, 0.5) is 17.1 Å². The topological polar surface area (TPSA) is 60.6 Å². The molecule has 4 aromatic carbocycles. The molecule has 0 bridgehead atoms. The maximum Gasteiger partial charge on any atom is 0.295 e. The molecule has 8 heteroatoms. The Morgan fingerprint density at radius 1 is 0.707 bits per heavy atom. The van der Waals surface area contributed by atoms with Crippen molar-refractivity contribution in [1.29, 1.82) is 0 Å². The van der Waals surface area contributed by atoms with Crippen molar-refractivity contribution >= 4 is 61.7 Å². The molecule has 1 aliphatic carbocycles. The van der Waals surface area contributed by atoms with E-state index in [4.69, 9.17) is 23.2 Å². The molecule has 0 saturated heterocycles. The highest BCUT2D eigenvalue weighted by atomic mass is 35.5. The number of hydrogen-bond acceptors (Lipinski definition) is 3. The van der Waals surface area contributed by atoms with Gasteiger partial charge in [-0.15, -0.1) is 11.6 Å². The second-order valence-electron chi connectivity index (χ2n) is 9.21. The Morgan fingerprint density at radius 3 is 1.85 bits per heavy atom. The molecule has 5 rings (SSSR count). The monoisotopic (exact) mass is 601 g/mol. The van der Waals surface area contributed by atoms with Gasteiger partial charge in [0.15, 0.2) is 0 Å². The van der Waals surface area contributed by atoms with Gasteiger partial charge in [0.05, 0.1) is 6.00 Å². The normalized spacial score (nSPS) is 12.9. The molecule has 206 valence electrons. The lowest BCUT2D eigenvalue weighted by atomic mass is 9.90. The van der Waals surface area contributed by atoms with Crippen LogP contribution in [-0.2, 0) is 10.1 Å². The van der Waals surface area contributed by atoms with Gasteiger partial charge in [0, 0.05) is 41.2 Å².